The van der Waals surface area contributed by atoms with Crippen LogP contribution in [0.15, 0.2) is 18.2 Å². The van der Waals surface area contributed by atoms with E-state index in [1.54, 1.807) is 12.1 Å². The average Bonchev–Trinajstić information content (AvgIpc) is 2.40. The number of ether oxygens (including phenoxy) is 1. The van der Waals surface area contributed by atoms with Gasteiger partial charge in [-0.1, -0.05) is 31.9 Å². The molecule has 102 valence electrons. The minimum absolute atomic E-state index is 0.464. The molecule has 0 aliphatic heterocycles. The second-order valence-corrected chi connectivity index (χ2v) is 6.11. The van der Waals surface area contributed by atoms with Crippen molar-refractivity contribution >= 4 is 11.6 Å². The Morgan fingerprint density at radius 1 is 1.32 bits per heavy atom. The van der Waals surface area contributed by atoms with Gasteiger partial charge in [-0.25, -0.2) is 0 Å². The predicted molar refractivity (Wildman–Crippen MR) is 77.3 cm³/mol. The van der Waals surface area contributed by atoms with Crippen LogP contribution in [0, 0.1) is 29.1 Å². The molecule has 2 rings (SSSR count). The van der Waals surface area contributed by atoms with Gasteiger partial charge in [-0.05, 0) is 42.7 Å². The van der Waals surface area contributed by atoms with Crippen molar-refractivity contribution in [1.82, 2.24) is 0 Å². The summed E-state index contributed by atoms with van der Waals surface area (Å²) in [4.78, 5) is 0. The first kappa shape index (κ1) is 14.2. The van der Waals surface area contributed by atoms with Gasteiger partial charge in [-0.15, -0.1) is 0 Å². The number of benzene rings is 1. The quantitative estimate of drug-likeness (QED) is 0.805. The molecule has 0 radical (unpaired) electrons. The van der Waals surface area contributed by atoms with Crippen molar-refractivity contribution in [3.05, 3.63) is 28.8 Å². The van der Waals surface area contributed by atoms with E-state index in [1.807, 2.05) is 6.07 Å². The van der Waals surface area contributed by atoms with Crippen LogP contribution in [-0.2, 0) is 0 Å². The van der Waals surface area contributed by atoms with Gasteiger partial charge in [0, 0.05) is 6.07 Å². The molecule has 3 unspecified atom stereocenters. The molecule has 1 aliphatic carbocycles. The van der Waals surface area contributed by atoms with E-state index in [9.17, 15) is 0 Å². The number of hydrogen-bond acceptors (Lipinski definition) is 2. The van der Waals surface area contributed by atoms with Gasteiger partial charge in [-0.2, -0.15) is 5.26 Å². The largest absolute Gasteiger partial charge is 0.493 e. The number of hydrogen-bond donors (Lipinski definition) is 0. The highest BCUT2D eigenvalue weighted by Gasteiger charge is 2.24. The molecule has 0 saturated heterocycles. The van der Waals surface area contributed by atoms with Crippen molar-refractivity contribution in [3.63, 3.8) is 0 Å². The lowest BCUT2D eigenvalue weighted by atomic mass is 9.76. The first-order valence-corrected chi connectivity index (χ1v) is 7.30. The fourth-order valence-electron chi connectivity index (χ4n) is 2.70. The van der Waals surface area contributed by atoms with Crippen molar-refractivity contribution in [2.75, 3.05) is 6.61 Å². The molecule has 0 N–H and O–H groups in total. The summed E-state index contributed by atoms with van der Waals surface area (Å²) in [5, 5.41) is 9.29. The zero-order valence-corrected chi connectivity index (χ0v) is 12.3. The highest BCUT2D eigenvalue weighted by atomic mass is 35.5. The summed E-state index contributed by atoms with van der Waals surface area (Å²) < 4.78 is 5.82. The Kier molecular flexibility index (Phi) is 4.71. The van der Waals surface area contributed by atoms with E-state index in [0.29, 0.717) is 16.5 Å². The van der Waals surface area contributed by atoms with Crippen molar-refractivity contribution in [2.45, 2.75) is 33.1 Å². The molecule has 0 amide bonds. The SMILES string of the molecule is CC1CCC(COc2ccc(C#N)c(Cl)c2)CC1C. The Labute approximate surface area is 120 Å². The van der Waals surface area contributed by atoms with Crippen LogP contribution in [-0.4, -0.2) is 6.61 Å². The third kappa shape index (κ3) is 3.64. The van der Waals surface area contributed by atoms with Gasteiger partial charge < -0.3 is 4.74 Å². The lowest BCUT2D eigenvalue weighted by Crippen LogP contribution is -2.24. The molecule has 1 fully saturated rings. The van der Waals surface area contributed by atoms with Gasteiger partial charge >= 0.3 is 0 Å². The third-order valence-electron chi connectivity index (χ3n) is 4.25. The molecule has 1 saturated carbocycles. The van der Waals surface area contributed by atoms with Crippen LogP contribution in [0.4, 0.5) is 0 Å². The maximum atomic E-state index is 8.82. The summed E-state index contributed by atoms with van der Waals surface area (Å²) in [6.45, 7) is 5.41. The van der Waals surface area contributed by atoms with Gasteiger partial charge in [0.15, 0.2) is 0 Å². The molecule has 3 atom stereocenters. The minimum atomic E-state index is 0.464. The van der Waals surface area contributed by atoms with Crippen LogP contribution in [0.1, 0.15) is 38.7 Å². The van der Waals surface area contributed by atoms with Crippen LogP contribution in [0.5, 0.6) is 5.75 Å². The lowest BCUT2D eigenvalue weighted by Gasteiger charge is -2.31. The Bertz CT molecular complexity index is 480. The summed E-state index contributed by atoms with van der Waals surface area (Å²) in [5.41, 5.74) is 0.495. The van der Waals surface area contributed by atoms with Crippen molar-refractivity contribution < 1.29 is 4.74 Å². The van der Waals surface area contributed by atoms with Gasteiger partial charge in [-0.3, -0.25) is 0 Å². The number of nitrogens with zero attached hydrogens (tertiary/aromatic N) is 1. The van der Waals surface area contributed by atoms with Crippen LogP contribution in [0.3, 0.4) is 0 Å². The van der Waals surface area contributed by atoms with Gasteiger partial charge in [0.05, 0.1) is 17.2 Å². The average molecular weight is 278 g/mol. The molecular weight excluding hydrogens is 258 g/mol. The summed E-state index contributed by atoms with van der Waals surface area (Å²) in [6, 6.07) is 7.31. The Morgan fingerprint density at radius 2 is 2.11 bits per heavy atom. The highest BCUT2D eigenvalue weighted by Crippen LogP contribution is 2.33. The van der Waals surface area contributed by atoms with Crippen LogP contribution in [0.2, 0.25) is 5.02 Å². The number of halogens is 1. The monoisotopic (exact) mass is 277 g/mol. The smallest absolute Gasteiger partial charge is 0.120 e. The summed E-state index contributed by atoms with van der Waals surface area (Å²) >= 11 is 5.99. The first-order valence-electron chi connectivity index (χ1n) is 6.92. The molecule has 0 heterocycles. The topological polar surface area (TPSA) is 33.0 Å². The number of rotatable bonds is 3. The maximum absolute atomic E-state index is 8.82. The van der Waals surface area contributed by atoms with E-state index in [2.05, 4.69) is 19.9 Å². The van der Waals surface area contributed by atoms with Crippen LogP contribution < -0.4 is 4.74 Å². The minimum Gasteiger partial charge on any atom is -0.493 e. The van der Waals surface area contributed by atoms with E-state index in [4.69, 9.17) is 21.6 Å². The van der Waals surface area contributed by atoms with Crippen LogP contribution >= 0.6 is 11.6 Å². The molecule has 0 bridgehead atoms. The third-order valence-corrected chi connectivity index (χ3v) is 4.57. The van der Waals surface area contributed by atoms with E-state index in [-0.39, 0.29) is 0 Å². The summed E-state index contributed by atoms with van der Waals surface area (Å²) in [5.74, 6) is 3.02. The fraction of sp³-hybridized carbons (Fsp3) is 0.562. The van der Waals surface area contributed by atoms with E-state index in [0.717, 1.165) is 24.2 Å². The van der Waals surface area contributed by atoms with Gasteiger partial charge in [0.2, 0.25) is 0 Å². The highest BCUT2D eigenvalue weighted by molar-refractivity contribution is 6.31. The van der Waals surface area contributed by atoms with E-state index < -0.39 is 0 Å². The van der Waals surface area contributed by atoms with E-state index >= 15 is 0 Å². The Balaban J connectivity index is 1.89. The van der Waals surface area contributed by atoms with Gasteiger partial charge in [0.1, 0.15) is 11.8 Å². The zero-order chi connectivity index (χ0) is 13.8. The standard InChI is InChI=1S/C16H20ClNO/c1-11-3-4-13(7-12(11)2)10-19-15-6-5-14(9-18)16(17)8-15/h5-6,8,11-13H,3-4,7,10H2,1-2H3. The molecule has 2 nitrogen and oxygen atoms in total. The number of nitriles is 1. The maximum Gasteiger partial charge on any atom is 0.120 e. The molecule has 0 spiro atoms. The summed E-state index contributed by atoms with van der Waals surface area (Å²) in [7, 11) is 0. The van der Waals surface area contributed by atoms with Crippen molar-refractivity contribution in [2.24, 2.45) is 17.8 Å². The molecule has 19 heavy (non-hydrogen) atoms. The predicted octanol–water partition coefficient (Wildman–Crippen LogP) is 4.66. The van der Waals surface area contributed by atoms with Crippen molar-refractivity contribution in [1.29, 1.82) is 5.26 Å². The second kappa shape index (κ2) is 6.30. The lowest BCUT2D eigenvalue weighted by molar-refractivity contribution is 0.148. The Morgan fingerprint density at radius 3 is 2.74 bits per heavy atom. The second-order valence-electron chi connectivity index (χ2n) is 5.70. The first-order chi connectivity index (χ1) is 9.10. The Hall–Kier alpha value is -1.20. The van der Waals surface area contributed by atoms with Crippen molar-refractivity contribution in [3.8, 4) is 11.8 Å². The zero-order valence-electron chi connectivity index (χ0n) is 11.5. The van der Waals surface area contributed by atoms with Crippen LogP contribution in [0.25, 0.3) is 0 Å². The fourth-order valence-corrected chi connectivity index (χ4v) is 2.91. The molecule has 1 aromatic rings. The molecular formula is C16H20ClNO. The van der Waals surface area contributed by atoms with E-state index in [1.165, 1.54) is 19.3 Å². The molecule has 0 aromatic heterocycles. The molecule has 3 heteroatoms. The molecule has 1 aliphatic rings. The molecule has 1 aromatic carbocycles. The summed E-state index contributed by atoms with van der Waals surface area (Å²) in [6.07, 6.45) is 3.78. The normalized spacial score (nSPS) is 26.7. The van der Waals surface area contributed by atoms with Gasteiger partial charge in [0.25, 0.3) is 0 Å².